The van der Waals surface area contributed by atoms with Crippen molar-refractivity contribution in [3.63, 3.8) is 0 Å². The van der Waals surface area contributed by atoms with E-state index in [1.54, 1.807) is 0 Å². The fourth-order valence-electron chi connectivity index (χ4n) is 2.12. The summed E-state index contributed by atoms with van der Waals surface area (Å²) in [4.78, 5) is 0. The first-order valence-corrected chi connectivity index (χ1v) is 7.86. The second-order valence-electron chi connectivity index (χ2n) is 5.29. The van der Waals surface area contributed by atoms with Crippen LogP contribution in [0.1, 0.15) is 24.0 Å². The third-order valence-electron chi connectivity index (χ3n) is 3.53. The predicted molar refractivity (Wildman–Crippen MR) is 87.1 cm³/mol. The molecule has 1 aliphatic carbocycles. The van der Waals surface area contributed by atoms with E-state index in [0.717, 1.165) is 33.5 Å². The number of benzene rings is 2. The fraction of sp³-hybridized carbons (Fsp3) is 0.294. The van der Waals surface area contributed by atoms with Crippen LogP contribution in [0.15, 0.2) is 42.5 Å². The summed E-state index contributed by atoms with van der Waals surface area (Å²) >= 11 is 12.2. The lowest BCUT2D eigenvalue weighted by Crippen LogP contribution is -2.16. The SMILES string of the molecule is Clc1ccc(COc2cccc(Cl)c2CNC2CC2)cc1. The highest BCUT2D eigenvalue weighted by Gasteiger charge is 2.21. The zero-order chi connectivity index (χ0) is 14.7. The van der Waals surface area contributed by atoms with E-state index in [4.69, 9.17) is 27.9 Å². The van der Waals surface area contributed by atoms with E-state index in [1.165, 1.54) is 12.8 Å². The first kappa shape index (κ1) is 14.7. The molecule has 2 nitrogen and oxygen atoms in total. The number of rotatable bonds is 6. The van der Waals surface area contributed by atoms with Crippen molar-refractivity contribution >= 4 is 23.2 Å². The van der Waals surface area contributed by atoms with E-state index in [1.807, 2.05) is 42.5 Å². The summed E-state index contributed by atoms with van der Waals surface area (Å²) < 4.78 is 5.93. The van der Waals surface area contributed by atoms with Crippen molar-refractivity contribution in [1.82, 2.24) is 5.32 Å². The summed E-state index contributed by atoms with van der Waals surface area (Å²) in [5, 5.41) is 4.96. The number of nitrogens with one attached hydrogen (secondary N) is 1. The van der Waals surface area contributed by atoms with Gasteiger partial charge in [0.25, 0.3) is 0 Å². The van der Waals surface area contributed by atoms with Gasteiger partial charge >= 0.3 is 0 Å². The van der Waals surface area contributed by atoms with Gasteiger partial charge in [-0.2, -0.15) is 0 Å². The highest BCUT2D eigenvalue weighted by Crippen LogP contribution is 2.29. The standard InChI is InChI=1S/C17H17Cl2NO/c18-13-6-4-12(5-7-13)11-21-17-3-1-2-16(19)15(17)10-20-14-8-9-14/h1-7,14,20H,8-11H2. The quantitative estimate of drug-likeness (QED) is 0.823. The molecule has 0 aliphatic heterocycles. The van der Waals surface area contributed by atoms with Crippen LogP contribution in [-0.2, 0) is 13.2 Å². The number of ether oxygens (including phenoxy) is 1. The van der Waals surface area contributed by atoms with Gasteiger partial charge in [0.05, 0.1) is 0 Å². The molecule has 1 N–H and O–H groups in total. The first-order chi connectivity index (χ1) is 10.2. The molecule has 0 aromatic heterocycles. The van der Waals surface area contributed by atoms with E-state index in [0.29, 0.717) is 12.6 Å². The molecule has 0 spiro atoms. The molecule has 2 aromatic rings. The van der Waals surface area contributed by atoms with Crippen LogP contribution >= 0.6 is 23.2 Å². The van der Waals surface area contributed by atoms with Gasteiger partial charge in [-0.15, -0.1) is 0 Å². The van der Waals surface area contributed by atoms with E-state index >= 15 is 0 Å². The lowest BCUT2D eigenvalue weighted by Gasteiger charge is -2.13. The topological polar surface area (TPSA) is 21.3 Å². The maximum Gasteiger partial charge on any atom is 0.125 e. The molecule has 4 heteroatoms. The van der Waals surface area contributed by atoms with Crippen LogP contribution in [0.4, 0.5) is 0 Å². The molecule has 0 saturated heterocycles. The van der Waals surface area contributed by atoms with Crippen LogP contribution in [0.5, 0.6) is 5.75 Å². The Hall–Kier alpha value is -1.22. The van der Waals surface area contributed by atoms with Gasteiger partial charge in [-0.05, 0) is 42.7 Å². The first-order valence-electron chi connectivity index (χ1n) is 7.10. The van der Waals surface area contributed by atoms with E-state index in [9.17, 15) is 0 Å². The largest absolute Gasteiger partial charge is 0.489 e. The lowest BCUT2D eigenvalue weighted by atomic mass is 10.2. The summed E-state index contributed by atoms with van der Waals surface area (Å²) in [5.74, 6) is 0.839. The minimum absolute atomic E-state index is 0.508. The van der Waals surface area contributed by atoms with Crippen LogP contribution in [0.25, 0.3) is 0 Å². The number of hydrogen-bond acceptors (Lipinski definition) is 2. The molecule has 0 atom stereocenters. The fourth-order valence-corrected chi connectivity index (χ4v) is 2.48. The van der Waals surface area contributed by atoms with Gasteiger partial charge in [0.15, 0.2) is 0 Å². The Morgan fingerprint density at radius 1 is 1.05 bits per heavy atom. The third kappa shape index (κ3) is 4.13. The maximum atomic E-state index is 6.30. The Labute approximate surface area is 135 Å². The maximum absolute atomic E-state index is 6.30. The Bertz CT molecular complexity index is 609. The van der Waals surface area contributed by atoms with Gasteiger partial charge in [-0.3, -0.25) is 0 Å². The average Bonchev–Trinajstić information content (AvgIpc) is 3.30. The summed E-state index contributed by atoms with van der Waals surface area (Å²) in [7, 11) is 0. The zero-order valence-electron chi connectivity index (χ0n) is 11.6. The lowest BCUT2D eigenvalue weighted by molar-refractivity contribution is 0.302. The van der Waals surface area contributed by atoms with E-state index in [2.05, 4.69) is 5.32 Å². The molecule has 2 aromatic carbocycles. The zero-order valence-corrected chi connectivity index (χ0v) is 13.1. The van der Waals surface area contributed by atoms with Gasteiger partial charge in [-0.1, -0.05) is 41.4 Å². The average molecular weight is 322 g/mol. The molecule has 110 valence electrons. The second kappa shape index (κ2) is 6.69. The molecular formula is C17H17Cl2NO. The van der Waals surface area contributed by atoms with Crippen molar-refractivity contribution in [3.05, 3.63) is 63.6 Å². The summed E-state index contributed by atoms with van der Waals surface area (Å²) in [6.07, 6.45) is 2.51. The Morgan fingerprint density at radius 2 is 1.81 bits per heavy atom. The molecule has 3 rings (SSSR count). The number of halogens is 2. The highest BCUT2D eigenvalue weighted by atomic mass is 35.5. The van der Waals surface area contributed by atoms with Crippen molar-refractivity contribution in [1.29, 1.82) is 0 Å². The summed E-state index contributed by atoms with van der Waals surface area (Å²) in [6, 6.07) is 14.1. The Balaban J connectivity index is 1.68. The van der Waals surface area contributed by atoms with Crippen molar-refractivity contribution in [2.24, 2.45) is 0 Å². The van der Waals surface area contributed by atoms with Crippen molar-refractivity contribution < 1.29 is 4.74 Å². The van der Waals surface area contributed by atoms with Gasteiger partial charge < -0.3 is 10.1 Å². The van der Waals surface area contributed by atoms with Crippen molar-refractivity contribution in [2.75, 3.05) is 0 Å². The van der Waals surface area contributed by atoms with Gasteiger partial charge in [-0.25, -0.2) is 0 Å². The minimum Gasteiger partial charge on any atom is -0.489 e. The monoisotopic (exact) mass is 321 g/mol. The third-order valence-corrected chi connectivity index (χ3v) is 4.13. The smallest absolute Gasteiger partial charge is 0.125 e. The van der Waals surface area contributed by atoms with Crippen LogP contribution < -0.4 is 10.1 Å². The molecule has 1 fully saturated rings. The molecule has 0 amide bonds. The normalized spacial score (nSPS) is 14.2. The molecule has 0 unspecified atom stereocenters. The molecular weight excluding hydrogens is 305 g/mol. The Kier molecular flexibility index (Phi) is 4.69. The predicted octanol–water partition coefficient (Wildman–Crippen LogP) is 4.82. The molecule has 1 saturated carbocycles. The molecule has 0 bridgehead atoms. The van der Waals surface area contributed by atoms with Crippen LogP contribution in [0.3, 0.4) is 0 Å². The molecule has 21 heavy (non-hydrogen) atoms. The molecule has 0 heterocycles. The number of hydrogen-bond donors (Lipinski definition) is 1. The highest BCUT2D eigenvalue weighted by molar-refractivity contribution is 6.31. The summed E-state index contributed by atoms with van der Waals surface area (Å²) in [6.45, 7) is 1.26. The van der Waals surface area contributed by atoms with Gasteiger partial charge in [0.2, 0.25) is 0 Å². The van der Waals surface area contributed by atoms with Crippen LogP contribution in [-0.4, -0.2) is 6.04 Å². The van der Waals surface area contributed by atoms with E-state index in [-0.39, 0.29) is 0 Å². The molecule has 1 aliphatic rings. The second-order valence-corrected chi connectivity index (χ2v) is 6.13. The van der Waals surface area contributed by atoms with Gasteiger partial charge in [0.1, 0.15) is 12.4 Å². The molecule has 0 radical (unpaired) electrons. The van der Waals surface area contributed by atoms with Crippen molar-refractivity contribution in [2.45, 2.75) is 32.0 Å². The van der Waals surface area contributed by atoms with Crippen LogP contribution in [0, 0.1) is 0 Å². The van der Waals surface area contributed by atoms with E-state index < -0.39 is 0 Å². The Morgan fingerprint density at radius 3 is 2.52 bits per heavy atom. The van der Waals surface area contributed by atoms with Crippen LogP contribution in [0.2, 0.25) is 10.0 Å². The summed E-state index contributed by atoms with van der Waals surface area (Å²) in [5.41, 5.74) is 2.11. The van der Waals surface area contributed by atoms with Crippen molar-refractivity contribution in [3.8, 4) is 5.75 Å². The van der Waals surface area contributed by atoms with Gasteiger partial charge in [0, 0.05) is 28.2 Å². The minimum atomic E-state index is 0.508.